The first-order valence-electron chi connectivity index (χ1n) is 8.96. The Bertz CT molecular complexity index is 1250. The SMILES string of the molecule is Clc1ccc(-c2ncoc2-c2nc(-c3ccccc3)oc2-c2cccnc2)cc1. The Morgan fingerprint density at radius 2 is 1.52 bits per heavy atom. The van der Waals surface area contributed by atoms with Crippen LogP contribution in [0, 0.1) is 0 Å². The van der Waals surface area contributed by atoms with Gasteiger partial charge in [-0.25, -0.2) is 9.97 Å². The van der Waals surface area contributed by atoms with Crippen LogP contribution in [0.3, 0.4) is 0 Å². The Hall–Kier alpha value is -3.70. The van der Waals surface area contributed by atoms with E-state index in [1.807, 2.05) is 66.7 Å². The van der Waals surface area contributed by atoms with Crippen LogP contribution in [0.4, 0.5) is 0 Å². The average molecular weight is 400 g/mol. The molecule has 0 radical (unpaired) electrons. The quantitative estimate of drug-likeness (QED) is 0.351. The number of oxazole rings is 2. The maximum absolute atomic E-state index is 6.16. The third kappa shape index (κ3) is 3.32. The zero-order chi connectivity index (χ0) is 19.6. The Morgan fingerprint density at radius 3 is 2.28 bits per heavy atom. The standard InChI is InChI=1S/C23H14ClN3O2/c24-18-10-8-15(9-11-18)19-22(28-14-26-19)20-21(17-7-4-12-25-13-17)29-23(27-20)16-5-2-1-3-6-16/h1-14H. The number of aromatic nitrogens is 3. The lowest BCUT2D eigenvalue weighted by atomic mass is 10.1. The molecule has 5 aromatic rings. The van der Waals surface area contributed by atoms with Gasteiger partial charge in [-0.15, -0.1) is 0 Å². The number of hydrogen-bond donors (Lipinski definition) is 0. The zero-order valence-electron chi connectivity index (χ0n) is 15.1. The van der Waals surface area contributed by atoms with Gasteiger partial charge in [-0.1, -0.05) is 41.9 Å². The van der Waals surface area contributed by atoms with E-state index in [4.69, 9.17) is 25.4 Å². The fourth-order valence-electron chi connectivity index (χ4n) is 3.10. The van der Waals surface area contributed by atoms with Gasteiger partial charge in [0.15, 0.2) is 23.6 Å². The van der Waals surface area contributed by atoms with Crippen molar-refractivity contribution >= 4 is 11.6 Å². The third-order valence-electron chi connectivity index (χ3n) is 4.47. The van der Waals surface area contributed by atoms with Crippen LogP contribution < -0.4 is 0 Å². The minimum atomic E-state index is 0.498. The maximum atomic E-state index is 6.16. The summed E-state index contributed by atoms with van der Waals surface area (Å²) in [4.78, 5) is 13.4. The summed E-state index contributed by atoms with van der Waals surface area (Å²) >= 11 is 6.03. The fourth-order valence-corrected chi connectivity index (χ4v) is 3.22. The molecule has 0 aliphatic heterocycles. The summed E-state index contributed by atoms with van der Waals surface area (Å²) in [6.45, 7) is 0. The normalized spacial score (nSPS) is 10.9. The van der Waals surface area contributed by atoms with Crippen LogP contribution >= 0.6 is 11.6 Å². The van der Waals surface area contributed by atoms with E-state index >= 15 is 0 Å². The molecule has 0 saturated carbocycles. The minimum Gasteiger partial charge on any atom is -0.441 e. The van der Waals surface area contributed by atoms with Gasteiger partial charge in [0.25, 0.3) is 0 Å². The van der Waals surface area contributed by atoms with Crippen molar-refractivity contribution in [2.75, 3.05) is 0 Å². The van der Waals surface area contributed by atoms with Crippen LogP contribution in [0.15, 0.2) is 94.4 Å². The molecule has 0 fully saturated rings. The predicted molar refractivity (Wildman–Crippen MR) is 111 cm³/mol. The second-order valence-electron chi connectivity index (χ2n) is 6.34. The number of benzene rings is 2. The van der Waals surface area contributed by atoms with Crippen LogP contribution in [-0.2, 0) is 0 Å². The Balaban J connectivity index is 1.70. The number of pyridine rings is 1. The van der Waals surface area contributed by atoms with Gasteiger partial charge in [0.05, 0.1) is 0 Å². The lowest BCUT2D eigenvalue weighted by molar-refractivity contribution is 0.568. The molecule has 0 bridgehead atoms. The Labute approximate surface area is 171 Å². The first-order chi connectivity index (χ1) is 14.3. The molecule has 0 saturated heterocycles. The maximum Gasteiger partial charge on any atom is 0.227 e. The van der Waals surface area contributed by atoms with Gasteiger partial charge in [0.2, 0.25) is 5.89 Å². The summed E-state index contributed by atoms with van der Waals surface area (Å²) in [6, 6.07) is 20.9. The summed E-state index contributed by atoms with van der Waals surface area (Å²) in [5, 5.41) is 0.655. The molecule has 0 unspecified atom stereocenters. The highest BCUT2D eigenvalue weighted by Gasteiger charge is 2.24. The fraction of sp³-hybridized carbons (Fsp3) is 0. The van der Waals surface area contributed by atoms with Gasteiger partial charge in [-0.3, -0.25) is 4.98 Å². The second kappa shape index (κ2) is 7.37. The van der Waals surface area contributed by atoms with E-state index in [2.05, 4.69) is 9.97 Å². The van der Waals surface area contributed by atoms with E-state index < -0.39 is 0 Å². The molecule has 0 aliphatic carbocycles. The summed E-state index contributed by atoms with van der Waals surface area (Å²) in [5.74, 6) is 1.60. The highest BCUT2D eigenvalue weighted by Crippen LogP contribution is 2.39. The number of rotatable bonds is 4. The molecule has 3 heterocycles. The van der Waals surface area contributed by atoms with E-state index in [-0.39, 0.29) is 0 Å². The molecule has 6 heteroatoms. The smallest absolute Gasteiger partial charge is 0.227 e. The van der Waals surface area contributed by atoms with Crippen LogP contribution in [-0.4, -0.2) is 15.0 Å². The van der Waals surface area contributed by atoms with Crippen molar-refractivity contribution in [3.05, 3.63) is 90.5 Å². The highest BCUT2D eigenvalue weighted by molar-refractivity contribution is 6.30. The summed E-state index contributed by atoms with van der Waals surface area (Å²) in [7, 11) is 0. The van der Waals surface area contributed by atoms with Crippen LogP contribution in [0.2, 0.25) is 5.02 Å². The van der Waals surface area contributed by atoms with Crippen molar-refractivity contribution < 1.29 is 8.83 Å². The second-order valence-corrected chi connectivity index (χ2v) is 6.78. The molecule has 3 aromatic heterocycles. The van der Waals surface area contributed by atoms with E-state index in [1.165, 1.54) is 6.39 Å². The molecule has 0 spiro atoms. The Morgan fingerprint density at radius 1 is 0.724 bits per heavy atom. The van der Waals surface area contributed by atoms with Gasteiger partial charge in [-0.05, 0) is 36.4 Å². The van der Waals surface area contributed by atoms with Gasteiger partial charge in [-0.2, -0.15) is 0 Å². The lowest BCUT2D eigenvalue weighted by Crippen LogP contribution is -1.86. The summed E-state index contributed by atoms with van der Waals surface area (Å²) < 4.78 is 11.9. The van der Waals surface area contributed by atoms with E-state index in [1.54, 1.807) is 12.4 Å². The summed E-state index contributed by atoms with van der Waals surface area (Å²) in [6.07, 6.45) is 4.85. The molecule has 0 N–H and O–H groups in total. The molecular formula is C23H14ClN3O2. The number of halogens is 1. The van der Waals surface area contributed by atoms with Crippen molar-refractivity contribution in [3.8, 4) is 45.5 Å². The van der Waals surface area contributed by atoms with Crippen molar-refractivity contribution in [2.24, 2.45) is 0 Å². The zero-order valence-corrected chi connectivity index (χ0v) is 15.9. The van der Waals surface area contributed by atoms with Crippen LogP contribution in [0.1, 0.15) is 0 Å². The molecule has 0 atom stereocenters. The molecule has 2 aromatic carbocycles. The van der Waals surface area contributed by atoms with Gasteiger partial charge in [0, 0.05) is 34.1 Å². The number of hydrogen-bond acceptors (Lipinski definition) is 5. The molecule has 0 amide bonds. The van der Waals surface area contributed by atoms with Crippen molar-refractivity contribution in [1.29, 1.82) is 0 Å². The van der Waals surface area contributed by atoms with Crippen molar-refractivity contribution in [3.63, 3.8) is 0 Å². The molecule has 29 heavy (non-hydrogen) atoms. The van der Waals surface area contributed by atoms with Crippen molar-refractivity contribution in [2.45, 2.75) is 0 Å². The first-order valence-corrected chi connectivity index (χ1v) is 9.34. The third-order valence-corrected chi connectivity index (χ3v) is 4.72. The minimum absolute atomic E-state index is 0.498. The largest absolute Gasteiger partial charge is 0.441 e. The lowest BCUT2D eigenvalue weighted by Gasteiger charge is -2.02. The van der Waals surface area contributed by atoms with Gasteiger partial charge >= 0.3 is 0 Å². The van der Waals surface area contributed by atoms with Gasteiger partial charge in [0.1, 0.15) is 5.69 Å². The summed E-state index contributed by atoms with van der Waals surface area (Å²) in [5.41, 5.74) is 3.78. The van der Waals surface area contributed by atoms with E-state index in [0.717, 1.165) is 16.7 Å². The van der Waals surface area contributed by atoms with Crippen molar-refractivity contribution in [1.82, 2.24) is 15.0 Å². The topological polar surface area (TPSA) is 65.0 Å². The predicted octanol–water partition coefficient (Wildman–Crippen LogP) is 6.38. The van der Waals surface area contributed by atoms with Crippen LogP contribution in [0.5, 0.6) is 0 Å². The average Bonchev–Trinajstić information content (AvgIpc) is 3.43. The monoisotopic (exact) mass is 399 g/mol. The van der Waals surface area contributed by atoms with E-state index in [9.17, 15) is 0 Å². The van der Waals surface area contributed by atoms with Crippen LogP contribution in [0.25, 0.3) is 45.5 Å². The molecule has 5 nitrogen and oxygen atoms in total. The van der Waals surface area contributed by atoms with E-state index in [0.29, 0.717) is 33.8 Å². The number of nitrogens with zero attached hydrogens (tertiary/aromatic N) is 3. The molecular weight excluding hydrogens is 386 g/mol. The molecule has 5 rings (SSSR count). The molecule has 140 valence electrons. The highest BCUT2D eigenvalue weighted by atomic mass is 35.5. The van der Waals surface area contributed by atoms with Gasteiger partial charge < -0.3 is 8.83 Å². The Kier molecular flexibility index (Phi) is 4.42. The molecule has 0 aliphatic rings. The first kappa shape index (κ1) is 17.4.